The summed E-state index contributed by atoms with van der Waals surface area (Å²) in [5.41, 5.74) is 7.69. The zero-order valence-electron chi connectivity index (χ0n) is 7.00. The Balaban J connectivity index is 2.49. The number of fused-ring (bicyclic) bond motifs is 1. The van der Waals surface area contributed by atoms with Gasteiger partial charge in [-0.2, -0.15) is 0 Å². The first-order valence-corrected chi connectivity index (χ1v) is 3.99. The summed E-state index contributed by atoms with van der Waals surface area (Å²) in [6.45, 7) is 1.95. The molecule has 1 aliphatic heterocycles. The van der Waals surface area contributed by atoms with E-state index in [1.54, 1.807) is 0 Å². The second-order valence-corrected chi connectivity index (χ2v) is 2.94. The van der Waals surface area contributed by atoms with Gasteiger partial charge in [0.15, 0.2) is 0 Å². The summed E-state index contributed by atoms with van der Waals surface area (Å²) in [5, 5.41) is 0. The molecule has 0 aliphatic carbocycles. The first kappa shape index (κ1) is 7.22. The van der Waals surface area contributed by atoms with E-state index in [1.165, 1.54) is 0 Å². The number of allylic oxidation sites excluding steroid dienone is 2. The lowest BCUT2D eigenvalue weighted by Crippen LogP contribution is -2.04. The summed E-state index contributed by atoms with van der Waals surface area (Å²) < 4.78 is 5.49. The third kappa shape index (κ3) is 1.05. The van der Waals surface area contributed by atoms with Crippen LogP contribution in [0.1, 0.15) is 12.5 Å². The zero-order valence-corrected chi connectivity index (χ0v) is 7.00. The minimum atomic E-state index is 0.816. The van der Waals surface area contributed by atoms with Crippen LogP contribution in [-0.2, 0) is 6.42 Å². The maximum Gasteiger partial charge on any atom is 0.132 e. The molecule has 1 aromatic carbocycles. The molecule has 2 N–H and O–H groups in total. The van der Waals surface area contributed by atoms with E-state index in [2.05, 4.69) is 0 Å². The Morgan fingerprint density at radius 2 is 2.25 bits per heavy atom. The second-order valence-electron chi connectivity index (χ2n) is 2.94. The first-order chi connectivity index (χ1) is 5.77. The quantitative estimate of drug-likeness (QED) is 0.591. The van der Waals surface area contributed by atoms with Crippen LogP contribution in [0.15, 0.2) is 30.0 Å². The number of hydrogen-bond donors (Lipinski definition) is 1. The predicted octanol–water partition coefficient (Wildman–Crippen LogP) is 2.11. The lowest BCUT2D eigenvalue weighted by Gasteiger charge is -2.16. The Kier molecular flexibility index (Phi) is 1.54. The molecule has 2 heteroatoms. The Labute approximate surface area is 71.6 Å². The smallest absolute Gasteiger partial charge is 0.132 e. The fourth-order valence-corrected chi connectivity index (χ4v) is 1.36. The summed E-state index contributed by atoms with van der Waals surface area (Å²) in [6, 6.07) is 5.76. The van der Waals surface area contributed by atoms with E-state index in [4.69, 9.17) is 10.5 Å². The lowest BCUT2D eigenvalue weighted by molar-refractivity contribution is 0.412. The van der Waals surface area contributed by atoms with Crippen LogP contribution in [0.25, 0.3) is 0 Å². The van der Waals surface area contributed by atoms with Crippen molar-refractivity contribution in [2.75, 3.05) is 5.73 Å². The topological polar surface area (TPSA) is 35.2 Å². The highest BCUT2D eigenvalue weighted by molar-refractivity contribution is 5.56. The number of ether oxygens (including phenoxy) is 1. The zero-order chi connectivity index (χ0) is 8.55. The van der Waals surface area contributed by atoms with Crippen molar-refractivity contribution >= 4 is 5.69 Å². The normalized spacial score (nSPS) is 14.6. The van der Waals surface area contributed by atoms with Gasteiger partial charge < -0.3 is 10.5 Å². The van der Waals surface area contributed by atoms with Crippen molar-refractivity contribution in [2.24, 2.45) is 0 Å². The largest absolute Gasteiger partial charge is 0.462 e. The van der Waals surface area contributed by atoms with Crippen molar-refractivity contribution in [3.05, 3.63) is 35.6 Å². The number of nitrogens with two attached hydrogens (primary N) is 1. The van der Waals surface area contributed by atoms with Gasteiger partial charge in [-0.1, -0.05) is 6.07 Å². The van der Waals surface area contributed by atoms with Crippen LogP contribution < -0.4 is 10.5 Å². The second kappa shape index (κ2) is 2.55. The van der Waals surface area contributed by atoms with Crippen molar-refractivity contribution in [1.29, 1.82) is 0 Å². The average molecular weight is 161 g/mol. The lowest BCUT2D eigenvalue weighted by atomic mass is 10.1. The minimum Gasteiger partial charge on any atom is -0.462 e. The maximum absolute atomic E-state index is 5.78. The van der Waals surface area contributed by atoms with E-state index in [1.807, 2.05) is 31.2 Å². The van der Waals surface area contributed by atoms with Crippen molar-refractivity contribution < 1.29 is 4.74 Å². The Hall–Kier alpha value is -1.44. The van der Waals surface area contributed by atoms with Crippen LogP contribution >= 0.6 is 0 Å². The summed E-state index contributed by atoms with van der Waals surface area (Å²) in [6.07, 6.45) is 2.92. The molecule has 0 amide bonds. The van der Waals surface area contributed by atoms with Crippen LogP contribution in [-0.4, -0.2) is 0 Å². The van der Waals surface area contributed by atoms with Gasteiger partial charge >= 0.3 is 0 Å². The molecule has 0 unspecified atom stereocenters. The molecule has 12 heavy (non-hydrogen) atoms. The van der Waals surface area contributed by atoms with Crippen molar-refractivity contribution in [2.45, 2.75) is 13.3 Å². The molecule has 0 atom stereocenters. The fraction of sp³-hybridized carbons (Fsp3) is 0.200. The number of benzene rings is 1. The average Bonchev–Trinajstić information content (AvgIpc) is 2.04. The molecule has 0 saturated heterocycles. The summed E-state index contributed by atoms with van der Waals surface area (Å²) in [4.78, 5) is 0. The van der Waals surface area contributed by atoms with Crippen LogP contribution in [0.5, 0.6) is 5.75 Å². The Bertz CT molecular complexity index is 342. The molecule has 1 heterocycles. The molecule has 2 nitrogen and oxygen atoms in total. The molecule has 1 aromatic rings. The first-order valence-electron chi connectivity index (χ1n) is 3.99. The Morgan fingerprint density at radius 3 is 3.08 bits per heavy atom. The molecular weight excluding hydrogens is 150 g/mol. The molecule has 0 aromatic heterocycles. The van der Waals surface area contributed by atoms with E-state index in [9.17, 15) is 0 Å². The van der Waals surface area contributed by atoms with E-state index in [0.29, 0.717) is 0 Å². The molecule has 62 valence electrons. The molecule has 2 rings (SSSR count). The van der Waals surface area contributed by atoms with Gasteiger partial charge in [0, 0.05) is 11.3 Å². The van der Waals surface area contributed by atoms with Crippen molar-refractivity contribution in [3.63, 3.8) is 0 Å². The van der Waals surface area contributed by atoms with Gasteiger partial charge in [-0.05, 0) is 31.6 Å². The third-order valence-electron chi connectivity index (χ3n) is 2.03. The van der Waals surface area contributed by atoms with Gasteiger partial charge in [0.05, 0.1) is 5.76 Å². The van der Waals surface area contributed by atoms with E-state index in [0.717, 1.165) is 29.2 Å². The highest BCUT2D eigenvalue weighted by Gasteiger charge is 2.11. The molecule has 1 aliphatic rings. The van der Waals surface area contributed by atoms with Crippen LogP contribution in [0, 0.1) is 0 Å². The number of hydrogen-bond acceptors (Lipinski definition) is 2. The van der Waals surface area contributed by atoms with Gasteiger partial charge in [0.2, 0.25) is 0 Å². The van der Waals surface area contributed by atoms with Gasteiger partial charge in [0.1, 0.15) is 5.75 Å². The van der Waals surface area contributed by atoms with Gasteiger partial charge in [-0.25, -0.2) is 0 Å². The highest BCUT2D eigenvalue weighted by Crippen LogP contribution is 2.29. The molecular formula is C10H11NO. The van der Waals surface area contributed by atoms with Crippen LogP contribution in [0.2, 0.25) is 0 Å². The summed E-state index contributed by atoms with van der Waals surface area (Å²) in [5.74, 6) is 1.85. The summed E-state index contributed by atoms with van der Waals surface area (Å²) in [7, 11) is 0. The van der Waals surface area contributed by atoms with Crippen molar-refractivity contribution in [1.82, 2.24) is 0 Å². The van der Waals surface area contributed by atoms with Gasteiger partial charge in [0.25, 0.3) is 0 Å². The van der Waals surface area contributed by atoms with Gasteiger partial charge in [-0.15, -0.1) is 0 Å². The van der Waals surface area contributed by atoms with Crippen LogP contribution in [0.3, 0.4) is 0 Å². The highest BCUT2D eigenvalue weighted by atomic mass is 16.5. The van der Waals surface area contributed by atoms with Gasteiger partial charge in [-0.3, -0.25) is 0 Å². The van der Waals surface area contributed by atoms with E-state index < -0.39 is 0 Å². The minimum absolute atomic E-state index is 0.816. The third-order valence-corrected chi connectivity index (χ3v) is 2.03. The Morgan fingerprint density at radius 1 is 1.42 bits per heavy atom. The molecule has 0 bridgehead atoms. The molecule has 0 fully saturated rings. The van der Waals surface area contributed by atoms with Crippen LogP contribution in [0.4, 0.5) is 5.69 Å². The predicted molar refractivity (Wildman–Crippen MR) is 48.9 cm³/mol. The van der Waals surface area contributed by atoms with E-state index in [-0.39, 0.29) is 0 Å². The van der Waals surface area contributed by atoms with E-state index >= 15 is 0 Å². The molecule has 0 radical (unpaired) electrons. The number of nitrogen functional groups attached to an aromatic ring is 1. The molecule has 0 saturated carbocycles. The van der Waals surface area contributed by atoms with Crippen molar-refractivity contribution in [3.8, 4) is 5.75 Å². The summed E-state index contributed by atoms with van der Waals surface area (Å²) >= 11 is 0. The standard InChI is InChI=1S/C10H11NO/c1-7-5-6-8-9(11)3-2-4-10(8)12-7/h2-5H,6,11H2,1H3. The SMILES string of the molecule is CC1=CCc2c(N)cccc2O1. The number of rotatable bonds is 0. The maximum atomic E-state index is 5.78. The fourth-order valence-electron chi connectivity index (χ4n) is 1.36. The number of anilines is 1. The molecule has 0 spiro atoms. The monoisotopic (exact) mass is 161 g/mol.